The van der Waals surface area contributed by atoms with Crippen molar-refractivity contribution in [2.45, 2.75) is 18.4 Å². The van der Waals surface area contributed by atoms with Crippen LogP contribution in [0.3, 0.4) is 0 Å². The molecular weight excluding hydrogens is 366 g/mol. The Labute approximate surface area is 171 Å². The van der Waals surface area contributed by atoms with Gasteiger partial charge in [-0.2, -0.15) is 5.26 Å². The fourth-order valence-corrected chi connectivity index (χ4v) is 4.32. The Morgan fingerprint density at radius 1 is 0.966 bits per heavy atom. The van der Waals surface area contributed by atoms with Crippen LogP contribution in [0.4, 0.5) is 4.79 Å². The fraction of sp³-hybridized carbons (Fsp3) is 0.391. The molecule has 150 valence electrons. The Morgan fingerprint density at radius 3 is 2.24 bits per heavy atom. The van der Waals surface area contributed by atoms with Gasteiger partial charge in [-0.05, 0) is 42.7 Å². The van der Waals surface area contributed by atoms with Crippen LogP contribution in [0.2, 0.25) is 0 Å². The lowest BCUT2D eigenvalue weighted by Crippen LogP contribution is -2.58. The Hall–Kier alpha value is -2.88. The van der Waals surface area contributed by atoms with Crippen LogP contribution in [0, 0.1) is 11.3 Å². The van der Waals surface area contributed by atoms with Gasteiger partial charge in [0.1, 0.15) is 5.75 Å². The van der Waals surface area contributed by atoms with Gasteiger partial charge in [-0.15, -0.1) is 0 Å². The first-order chi connectivity index (χ1) is 14.2. The minimum absolute atomic E-state index is 0.109. The van der Waals surface area contributed by atoms with Crippen LogP contribution in [0.25, 0.3) is 0 Å². The van der Waals surface area contributed by atoms with Gasteiger partial charge in [0.05, 0.1) is 17.2 Å². The second-order valence-corrected chi connectivity index (χ2v) is 7.49. The van der Waals surface area contributed by atoms with Gasteiger partial charge >= 0.3 is 6.09 Å². The first-order valence-corrected chi connectivity index (χ1v) is 10.1. The number of carbonyl (C=O) groups is 1. The fourth-order valence-electron chi connectivity index (χ4n) is 4.32. The number of hydrogen-bond donors (Lipinski definition) is 0. The second kappa shape index (κ2) is 8.64. The van der Waals surface area contributed by atoms with Gasteiger partial charge in [-0.25, -0.2) is 4.79 Å². The molecule has 2 heterocycles. The van der Waals surface area contributed by atoms with Crippen LogP contribution in [0.5, 0.6) is 5.75 Å². The number of ether oxygens (including phenoxy) is 2. The number of carbonyl (C=O) groups excluding carboxylic acids is 1. The molecule has 2 aliphatic heterocycles. The molecule has 1 amide bonds. The third-order valence-corrected chi connectivity index (χ3v) is 5.96. The molecule has 6 heteroatoms. The summed E-state index contributed by atoms with van der Waals surface area (Å²) in [7, 11) is 0. The normalized spacial score (nSPS) is 19.3. The predicted molar refractivity (Wildman–Crippen MR) is 109 cm³/mol. The largest absolute Gasteiger partial charge is 0.415 e. The van der Waals surface area contributed by atoms with E-state index in [0.29, 0.717) is 24.4 Å². The number of para-hydroxylation sites is 1. The maximum Gasteiger partial charge on any atom is 0.415 e. The van der Waals surface area contributed by atoms with Gasteiger partial charge in [-0.1, -0.05) is 30.3 Å². The number of nitrogens with zero attached hydrogens (tertiary/aromatic N) is 3. The highest BCUT2D eigenvalue weighted by Gasteiger charge is 2.41. The molecule has 29 heavy (non-hydrogen) atoms. The zero-order valence-corrected chi connectivity index (χ0v) is 16.4. The van der Waals surface area contributed by atoms with Crippen molar-refractivity contribution < 1.29 is 14.3 Å². The van der Waals surface area contributed by atoms with Crippen LogP contribution < -0.4 is 4.74 Å². The molecule has 0 radical (unpaired) electrons. The molecule has 2 fully saturated rings. The van der Waals surface area contributed by atoms with Crippen LogP contribution >= 0.6 is 0 Å². The first-order valence-electron chi connectivity index (χ1n) is 10.1. The maximum absolute atomic E-state index is 12.5. The van der Waals surface area contributed by atoms with E-state index >= 15 is 0 Å². The van der Waals surface area contributed by atoms with Crippen molar-refractivity contribution in [3.05, 3.63) is 65.7 Å². The molecule has 0 bridgehead atoms. The summed E-state index contributed by atoms with van der Waals surface area (Å²) in [4.78, 5) is 16.8. The lowest BCUT2D eigenvalue weighted by molar-refractivity contribution is -0.0483. The highest BCUT2D eigenvalue weighted by molar-refractivity contribution is 5.70. The Balaban J connectivity index is 1.45. The Kier molecular flexibility index (Phi) is 5.79. The summed E-state index contributed by atoms with van der Waals surface area (Å²) >= 11 is 0. The molecule has 0 atom stereocenters. The van der Waals surface area contributed by atoms with Gasteiger partial charge in [0.2, 0.25) is 0 Å². The van der Waals surface area contributed by atoms with Gasteiger partial charge in [0, 0.05) is 39.4 Å². The minimum Gasteiger partial charge on any atom is -0.410 e. The van der Waals surface area contributed by atoms with E-state index in [-0.39, 0.29) is 11.6 Å². The van der Waals surface area contributed by atoms with E-state index in [1.54, 1.807) is 17.0 Å². The monoisotopic (exact) mass is 391 g/mol. The molecule has 0 aromatic heterocycles. The summed E-state index contributed by atoms with van der Waals surface area (Å²) in [6, 6.07) is 19.3. The smallest absolute Gasteiger partial charge is 0.410 e. The molecule has 0 aliphatic carbocycles. The second-order valence-electron chi connectivity index (χ2n) is 7.49. The molecule has 0 unspecified atom stereocenters. The highest BCUT2D eigenvalue weighted by atomic mass is 16.6. The van der Waals surface area contributed by atoms with E-state index in [0.717, 1.165) is 39.1 Å². The van der Waals surface area contributed by atoms with Crippen molar-refractivity contribution in [1.29, 1.82) is 5.26 Å². The average molecular weight is 391 g/mol. The predicted octanol–water partition coefficient (Wildman–Crippen LogP) is 3.38. The summed E-state index contributed by atoms with van der Waals surface area (Å²) in [6.45, 7) is 4.26. The van der Waals surface area contributed by atoms with E-state index in [2.05, 4.69) is 23.1 Å². The van der Waals surface area contributed by atoms with E-state index in [4.69, 9.17) is 14.7 Å². The van der Waals surface area contributed by atoms with Crippen molar-refractivity contribution in [2.75, 3.05) is 39.4 Å². The highest BCUT2D eigenvalue weighted by Crippen LogP contribution is 2.39. The van der Waals surface area contributed by atoms with E-state index in [1.165, 1.54) is 5.56 Å². The van der Waals surface area contributed by atoms with E-state index in [9.17, 15) is 4.79 Å². The third-order valence-electron chi connectivity index (χ3n) is 5.96. The number of amides is 1. The average Bonchev–Trinajstić information content (AvgIpc) is 2.80. The first kappa shape index (κ1) is 19.4. The summed E-state index contributed by atoms with van der Waals surface area (Å²) in [5.74, 6) is 0.568. The standard InChI is InChI=1S/C23H25N3O3/c24-18-19-6-8-20(9-7-19)23(10-16-28-17-11-23)26-14-12-25(13-15-26)22(27)29-21-4-2-1-3-5-21/h1-9H,10-17H2. The molecule has 2 aromatic carbocycles. The van der Waals surface area contributed by atoms with Gasteiger partial charge in [0.15, 0.2) is 0 Å². The zero-order valence-electron chi connectivity index (χ0n) is 16.4. The molecule has 0 N–H and O–H groups in total. The molecular formula is C23H25N3O3. The number of hydrogen-bond acceptors (Lipinski definition) is 5. The molecule has 2 aromatic rings. The third kappa shape index (κ3) is 4.12. The van der Waals surface area contributed by atoms with Crippen LogP contribution in [0.15, 0.2) is 54.6 Å². The van der Waals surface area contributed by atoms with Crippen molar-refractivity contribution in [3.63, 3.8) is 0 Å². The Bertz CT molecular complexity index is 862. The zero-order chi connectivity index (χ0) is 20.1. The summed E-state index contributed by atoms with van der Waals surface area (Å²) in [6.07, 6.45) is 1.52. The molecule has 4 rings (SSSR count). The summed E-state index contributed by atoms with van der Waals surface area (Å²) < 4.78 is 11.1. The van der Waals surface area contributed by atoms with Gasteiger partial charge in [-0.3, -0.25) is 4.90 Å². The molecule has 0 spiro atoms. The lowest BCUT2D eigenvalue weighted by atomic mass is 9.80. The van der Waals surface area contributed by atoms with Gasteiger partial charge < -0.3 is 14.4 Å². The number of nitriles is 1. The van der Waals surface area contributed by atoms with E-state index < -0.39 is 0 Å². The SMILES string of the molecule is N#Cc1ccc(C2(N3CCN(C(=O)Oc4ccccc4)CC3)CCOCC2)cc1. The number of piperazine rings is 1. The van der Waals surface area contributed by atoms with E-state index in [1.807, 2.05) is 30.3 Å². The quantitative estimate of drug-likeness (QED) is 0.803. The molecule has 6 nitrogen and oxygen atoms in total. The van der Waals surface area contributed by atoms with Crippen LogP contribution in [-0.4, -0.2) is 55.3 Å². The van der Waals surface area contributed by atoms with Crippen molar-refractivity contribution >= 4 is 6.09 Å². The summed E-state index contributed by atoms with van der Waals surface area (Å²) in [5, 5.41) is 9.11. The van der Waals surface area contributed by atoms with Crippen molar-refractivity contribution in [2.24, 2.45) is 0 Å². The molecule has 2 saturated heterocycles. The van der Waals surface area contributed by atoms with Crippen LogP contribution in [-0.2, 0) is 10.3 Å². The van der Waals surface area contributed by atoms with Crippen molar-refractivity contribution in [3.8, 4) is 11.8 Å². The molecule has 2 aliphatic rings. The number of benzene rings is 2. The lowest BCUT2D eigenvalue weighted by Gasteiger charge is -2.49. The Morgan fingerprint density at radius 2 is 1.62 bits per heavy atom. The van der Waals surface area contributed by atoms with Crippen LogP contribution in [0.1, 0.15) is 24.0 Å². The minimum atomic E-state index is -0.296. The maximum atomic E-state index is 12.5. The number of rotatable bonds is 3. The molecule has 0 saturated carbocycles. The summed E-state index contributed by atoms with van der Waals surface area (Å²) in [5.41, 5.74) is 1.78. The van der Waals surface area contributed by atoms with Gasteiger partial charge in [0.25, 0.3) is 0 Å². The topological polar surface area (TPSA) is 65.8 Å². The van der Waals surface area contributed by atoms with Crippen molar-refractivity contribution in [1.82, 2.24) is 9.80 Å².